The predicted octanol–water partition coefficient (Wildman–Crippen LogP) is 3.55. The number of carbonyl (C=O) groups excluding carboxylic acids is 1. The van der Waals surface area contributed by atoms with Gasteiger partial charge in [0.05, 0.1) is 12.6 Å². The number of carbonyl (C=O) groups is 1. The number of alkyl carbamates (subject to hydrolysis) is 1. The SMILES string of the molecule is CC(Cc1ccccc1)C[C@H](NC(=O)OC(C)(C)C)[C@H]1CO1. The van der Waals surface area contributed by atoms with E-state index in [1.54, 1.807) is 0 Å². The van der Waals surface area contributed by atoms with Gasteiger partial charge in [-0.15, -0.1) is 0 Å². The van der Waals surface area contributed by atoms with Crippen LogP contribution in [0.3, 0.4) is 0 Å². The second-order valence-corrected chi connectivity index (χ2v) is 7.16. The van der Waals surface area contributed by atoms with Crippen molar-refractivity contribution in [1.29, 1.82) is 0 Å². The molecule has 0 bridgehead atoms. The monoisotopic (exact) mass is 305 g/mol. The van der Waals surface area contributed by atoms with E-state index in [0.717, 1.165) is 19.4 Å². The summed E-state index contributed by atoms with van der Waals surface area (Å²) in [6, 6.07) is 10.4. The van der Waals surface area contributed by atoms with E-state index in [1.165, 1.54) is 5.56 Å². The standard InChI is InChI=1S/C18H27NO3/c1-13(10-14-8-6-5-7-9-14)11-15(16-12-21-16)19-17(20)22-18(2,3)4/h5-9,13,15-16H,10-12H2,1-4H3,(H,19,20)/t13?,15-,16+/m0/s1. The fraction of sp³-hybridized carbons (Fsp3) is 0.611. The van der Waals surface area contributed by atoms with E-state index in [0.29, 0.717) is 5.92 Å². The molecule has 0 spiro atoms. The van der Waals surface area contributed by atoms with E-state index in [2.05, 4.69) is 36.5 Å². The van der Waals surface area contributed by atoms with Gasteiger partial charge in [-0.2, -0.15) is 0 Å². The molecule has 22 heavy (non-hydrogen) atoms. The van der Waals surface area contributed by atoms with Gasteiger partial charge in [0.1, 0.15) is 11.7 Å². The van der Waals surface area contributed by atoms with Crippen LogP contribution in [0.25, 0.3) is 0 Å². The van der Waals surface area contributed by atoms with Crippen molar-refractivity contribution in [2.24, 2.45) is 5.92 Å². The van der Waals surface area contributed by atoms with Gasteiger partial charge in [0.25, 0.3) is 0 Å². The molecule has 3 atom stereocenters. The average Bonchev–Trinajstić information content (AvgIpc) is 3.20. The van der Waals surface area contributed by atoms with Crippen molar-refractivity contribution >= 4 is 6.09 Å². The number of ether oxygens (including phenoxy) is 2. The quantitative estimate of drug-likeness (QED) is 0.818. The third-order valence-electron chi connectivity index (χ3n) is 3.59. The number of hydrogen-bond acceptors (Lipinski definition) is 3. The molecule has 1 aliphatic rings. The van der Waals surface area contributed by atoms with Gasteiger partial charge in [-0.25, -0.2) is 4.79 Å². The van der Waals surface area contributed by atoms with E-state index in [1.807, 2.05) is 26.8 Å². The molecule has 0 aromatic heterocycles. The number of benzene rings is 1. The van der Waals surface area contributed by atoms with Gasteiger partial charge >= 0.3 is 6.09 Å². The highest BCUT2D eigenvalue weighted by molar-refractivity contribution is 5.68. The summed E-state index contributed by atoms with van der Waals surface area (Å²) in [5, 5.41) is 2.97. The minimum absolute atomic E-state index is 0.0218. The molecule has 122 valence electrons. The summed E-state index contributed by atoms with van der Waals surface area (Å²) in [6.45, 7) is 8.53. The molecule has 0 radical (unpaired) electrons. The Morgan fingerprint density at radius 3 is 2.55 bits per heavy atom. The molecule has 1 N–H and O–H groups in total. The van der Waals surface area contributed by atoms with Crippen molar-refractivity contribution < 1.29 is 14.3 Å². The van der Waals surface area contributed by atoms with Gasteiger partial charge in [0.15, 0.2) is 0 Å². The number of hydrogen-bond donors (Lipinski definition) is 1. The smallest absolute Gasteiger partial charge is 0.407 e. The number of nitrogens with one attached hydrogen (secondary N) is 1. The lowest BCUT2D eigenvalue weighted by Gasteiger charge is -2.24. The van der Waals surface area contributed by atoms with Crippen LogP contribution in [0.15, 0.2) is 30.3 Å². The third-order valence-corrected chi connectivity index (χ3v) is 3.59. The first kappa shape index (κ1) is 16.8. The van der Waals surface area contributed by atoms with E-state index in [-0.39, 0.29) is 18.2 Å². The highest BCUT2D eigenvalue weighted by Gasteiger charge is 2.35. The summed E-state index contributed by atoms with van der Waals surface area (Å²) in [6.07, 6.45) is 1.66. The van der Waals surface area contributed by atoms with Gasteiger partial charge < -0.3 is 14.8 Å². The fourth-order valence-corrected chi connectivity index (χ4v) is 2.58. The Bertz CT molecular complexity index is 477. The van der Waals surface area contributed by atoms with Crippen LogP contribution in [0.5, 0.6) is 0 Å². The Labute approximate surface area is 133 Å². The second kappa shape index (κ2) is 7.14. The highest BCUT2D eigenvalue weighted by Crippen LogP contribution is 2.23. The van der Waals surface area contributed by atoms with Crippen molar-refractivity contribution in [3.05, 3.63) is 35.9 Å². The zero-order valence-electron chi connectivity index (χ0n) is 14.0. The van der Waals surface area contributed by atoms with E-state index >= 15 is 0 Å². The topological polar surface area (TPSA) is 50.9 Å². The first-order valence-electron chi connectivity index (χ1n) is 7.98. The molecule has 1 aromatic carbocycles. The van der Waals surface area contributed by atoms with Crippen LogP contribution >= 0.6 is 0 Å². The molecule has 1 amide bonds. The van der Waals surface area contributed by atoms with Crippen molar-refractivity contribution in [2.75, 3.05) is 6.61 Å². The van der Waals surface area contributed by atoms with Gasteiger partial charge in [-0.05, 0) is 45.1 Å². The minimum atomic E-state index is -0.477. The maximum absolute atomic E-state index is 12.0. The molecule has 1 saturated heterocycles. The lowest BCUT2D eigenvalue weighted by atomic mass is 9.93. The first-order valence-corrected chi connectivity index (χ1v) is 7.98. The molecule has 1 unspecified atom stereocenters. The maximum Gasteiger partial charge on any atom is 0.407 e. The van der Waals surface area contributed by atoms with Crippen LogP contribution in [0, 0.1) is 5.92 Å². The zero-order valence-corrected chi connectivity index (χ0v) is 14.0. The fourth-order valence-electron chi connectivity index (χ4n) is 2.58. The molecule has 2 rings (SSSR count). The third kappa shape index (κ3) is 6.06. The van der Waals surface area contributed by atoms with E-state index in [4.69, 9.17) is 9.47 Å². The summed E-state index contributed by atoms with van der Waals surface area (Å²) in [5.41, 5.74) is 0.844. The van der Waals surface area contributed by atoms with Crippen LogP contribution in [0.2, 0.25) is 0 Å². The van der Waals surface area contributed by atoms with Crippen molar-refractivity contribution in [3.63, 3.8) is 0 Å². The van der Waals surface area contributed by atoms with Gasteiger partial charge in [-0.3, -0.25) is 0 Å². The normalized spacial score (nSPS) is 20.1. The Balaban J connectivity index is 1.85. The minimum Gasteiger partial charge on any atom is -0.444 e. The van der Waals surface area contributed by atoms with E-state index in [9.17, 15) is 4.79 Å². The largest absolute Gasteiger partial charge is 0.444 e. The summed E-state index contributed by atoms with van der Waals surface area (Å²) < 4.78 is 10.7. The first-order chi connectivity index (χ1) is 10.3. The van der Waals surface area contributed by atoms with E-state index < -0.39 is 5.60 Å². The van der Waals surface area contributed by atoms with Crippen molar-refractivity contribution in [1.82, 2.24) is 5.32 Å². The molecular weight excluding hydrogens is 278 g/mol. The summed E-state index contributed by atoms with van der Waals surface area (Å²) in [5.74, 6) is 0.464. The molecule has 4 nitrogen and oxygen atoms in total. The summed E-state index contributed by atoms with van der Waals surface area (Å²) in [7, 11) is 0. The molecule has 0 aliphatic carbocycles. The van der Waals surface area contributed by atoms with Gasteiger partial charge in [-0.1, -0.05) is 37.3 Å². The van der Waals surface area contributed by atoms with Crippen LogP contribution in [-0.4, -0.2) is 30.4 Å². The zero-order chi connectivity index (χ0) is 16.2. The van der Waals surface area contributed by atoms with Crippen LogP contribution in [0.4, 0.5) is 4.79 Å². The Hall–Kier alpha value is -1.55. The van der Waals surface area contributed by atoms with Crippen molar-refractivity contribution in [2.45, 2.75) is 58.3 Å². The molecule has 0 saturated carbocycles. The predicted molar refractivity (Wildman–Crippen MR) is 86.8 cm³/mol. The summed E-state index contributed by atoms with van der Waals surface area (Å²) in [4.78, 5) is 12.0. The van der Waals surface area contributed by atoms with Gasteiger partial charge in [0, 0.05) is 0 Å². The number of epoxide rings is 1. The molecule has 1 aromatic rings. The van der Waals surface area contributed by atoms with Crippen molar-refractivity contribution in [3.8, 4) is 0 Å². The lowest BCUT2D eigenvalue weighted by Crippen LogP contribution is -2.43. The summed E-state index contributed by atoms with van der Waals surface area (Å²) >= 11 is 0. The highest BCUT2D eigenvalue weighted by atomic mass is 16.6. The Morgan fingerprint density at radius 1 is 1.36 bits per heavy atom. The van der Waals surface area contributed by atoms with Crippen LogP contribution in [-0.2, 0) is 15.9 Å². The number of rotatable bonds is 6. The molecular formula is C18H27NO3. The van der Waals surface area contributed by atoms with Crippen LogP contribution in [0.1, 0.15) is 39.7 Å². The average molecular weight is 305 g/mol. The Kier molecular flexibility index (Phi) is 5.46. The molecule has 1 heterocycles. The molecule has 4 heteroatoms. The lowest BCUT2D eigenvalue weighted by molar-refractivity contribution is 0.0487. The Morgan fingerprint density at radius 2 is 2.00 bits per heavy atom. The van der Waals surface area contributed by atoms with Crippen LogP contribution < -0.4 is 5.32 Å². The maximum atomic E-state index is 12.0. The van der Waals surface area contributed by atoms with Gasteiger partial charge in [0.2, 0.25) is 0 Å². The molecule has 1 fully saturated rings. The second-order valence-electron chi connectivity index (χ2n) is 7.16. The molecule has 1 aliphatic heterocycles. The number of amides is 1.